The molecule has 0 spiro atoms. The predicted octanol–water partition coefficient (Wildman–Crippen LogP) is 2.88. The summed E-state index contributed by atoms with van der Waals surface area (Å²) in [4.78, 5) is 4.46. The van der Waals surface area contributed by atoms with Gasteiger partial charge in [0.15, 0.2) is 0 Å². The number of aromatic nitrogens is 1. The summed E-state index contributed by atoms with van der Waals surface area (Å²) < 4.78 is 5.98. The molecule has 3 heteroatoms. The molecule has 1 aliphatic carbocycles. The summed E-state index contributed by atoms with van der Waals surface area (Å²) in [5.41, 5.74) is 7.51. The fourth-order valence-electron chi connectivity index (χ4n) is 2.58. The molecule has 1 aliphatic rings. The molecule has 3 unspecified atom stereocenters. The molecule has 1 aromatic rings. The first-order valence-corrected chi connectivity index (χ1v) is 6.95. The maximum absolute atomic E-state index is 5.98. The zero-order chi connectivity index (χ0) is 13.0. The SMILES string of the molecule is CC1CCC(OCc2cccc(CN)n2)CC1C. The minimum Gasteiger partial charge on any atom is -0.372 e. The Kier molecular flexibility index (Phi) is 4.72. The molecule has 0 radical (unpaired) electrons. The lowest BCUT2D eigenvalue weighted by molar-refractivity contribution is -0.00880. The van der Waals surface area contributed by atoms with E-state index in [2.05, 4.69) is 18.8 Å². The van der Waals surface area contributed by atoms with Crippen molar-refractivity contribution in [2.24, 2.45) is 17.6 Å². The zero-order valence-electron chi connectivity index (χ0n) is 11.4. The van der Waals surface area contributed by atoms with Crippen molar-refractivity contribution in [2.45, 2.75) is 52.4 Å². The number of pyridine rings is 1. The van der Waals surface area contributed by atoms with E-state index in [4.69, 9.17) is 10.5 Å². The third-order valence-corrected chi connectivity index (χ3v) is 4.09. The van der Waals surface area contributed by atoms with Gasteiger partial charge in [-0.05, 0) is 43.2 Å². The molecular formula is C15H24N2O. The van der Waals surface area contributed by atoms with Crippen LogP contribution < -0.4 is 5.73 Å². The van der Waals surface area contributed by atoms with Crippen LogP contribution in [0.25, 0.3) is 0 Å². The molecular weight excluding hydrogens is 224 g/mol. The van der Waals surface area contributed by atoms with E-state index in [-0.39, 0.29) is 0 Å². The van der Waals surface area contributed by atoms with Crippen molar-refractivity contribution in [3.8, 4) is 0 Å². The summed E-state index contributed by atoms with van der Waals surface area (Å²) in [6.45, 7) is 5.77. The van der Waals surface area contributed by atoms with Crippen LogP contribution in [0, 0.1) is 11.8 Å². The lowest BCUT2D eigenvalue weighted by Gasteiger charge is -2.31. The second kappa shape index (κ2) is 6.30. The van der Waals surface area contributed by atoms with Crippen LogP contribution >= 0.6 is 0 Å². The largest absolute Gasteiger partial charge is 0.372 e. The Balaban J connectivity index is 1.84. The van der Waals surface area contributed by atoms with Gasteiger partial charge in [-0.1, -0.05) is 19.9 Å². The Labute approximate surface area is 110 Å². The van der Waals surface area contributed by atoms with Gasteiger partial charge in [-0.15, -0.1) is 0 Å². The number of nitrogens with zero attached hydrogens (tertiary/aromatic N) is 1. The van der Waals surface area contributed by atoms with Crippen molar-refractivity contribution < 1.29 is 4.74 Å². The molecule has 2 N–H and O–H groups in total. The van der Waals surface area contributed by atoms with Crippen molar-refractivity contribution in [1.29, 1.82) is 0 Å². The smallest absolute Gasteiger partial charge is 0.0891 e. The van der Waals surface area contributed by atoms with E-state index in [9.17, 15) is 0 Å². The third kappa shape index (κ3) is 3.53. The van der Waals surface area contributed by atoms with E-state index in [1.807, 2.05) is 18.2 Å². The van der Waals surface area contributed by atoms with Gasteiger partial charge in [-0.25, -0.2) is 0 Å². The van der Waals surface area contributed by atoms with Gasteiger partial charge in [0.1, 0.15) is 0 Å². The first-order chi connectivity index (χ1) is 8.69. The van der Waals surface area contributed by atoms with Gasteiger partial charge in [-0.2, -0.15) is 0 Å². The Bertz CT molecular complexity index is 381. The van der Waals surface area contributed by atoms with Gasteiger partial charge in [0.2, 0.25) is 0 Å². The molecule has 3 nitrogen and oxygen atoms in total. The van der Waals surface area contributed by atoms with Gasteiger partial charge in [0, 0.05) is 6.54 Å². The number of rotatable bonds is 4. The molecule has 0 aromatic carbocycles. The topological polar surface area (TPSA) is 48.1 Å². The van der Waals surface area contributed by atoms with Crippen LogP contribution in [0.1, 0.15) is 44.5 Å². The lowest BCUT2D eigenvalue weighted by Crippen LogP contribution is -2.26. The van der Waals surface area contributed by atoms with Crippen LogP contribution in [0.5, 0.6) is 0 Å². The molecule has 0 saturated heterocycles. The van der Waals surface area contributed by atoms with Crippen molar-refractivity contribution >= 4 is 0 Å². The summed E-state index contributed by atoms with van der Waals surface area (Å²) in [7, 11) is 0. The highest BCUT2D eigenvalue weighted by Gasteiger charge is 2.24. The fourth-order valence-corrected chi connectivity index (χ4v) is 2.58. The number of nitrogens with two attached hydrogens (primary N) is 1. The summed E-state index contributed by atoms with van der Waals surface area (Å²) >= 11 is 0. The summed E-state index contributed by atoms with van der Waals surface area (Å²) in [6, 6.07) is 5.96. The van der Waals surface area contributed by atoms with Crippen molar-refractivity contribution in [3.05, 3.63) is 29.6 Å². The van der Waals surface area contributed by atoms with Crippen LogP contribution in [-0.2, 0) is 17.9 Å². The molecule has 0 aliphatic heterocycles. The predicted molar refractivity (Wildman–Crippen MR) is 72.9 cm³/mol. The maximum Gasteiger partial charge on any atom is 0.0891 e. The van der Waals surface area contributed by atoms with Crippen LogP contribution in [0.2, 0.25) is 0 Å². The molecule has 2 rings (SSSR count). The Morgan fingerprint density at radius 1 is 1.22 bits per heavy atom. The molecule has 0 amide bonds. The van der Waals surface area contributed by atoms with E-state index < -0.39 is 0 Å². The lowest BCUT2D eigenvalue weighted by atomic mass is 9.80. The Hall–Kier alpha value is -0.930. The molecule has 100 valence electrons. The molecule has 0 bridgehead atoms. The number of ether oxygens (including phenoxy) is 1. The first-order valence-electron chi connectivity index (χ1n) is 6.95. The summed E-state index contributed by atoms with van der Waals surface area (Å²) in [5.74, 6) is 1.61. The maximum atomic E-state index is 5.98. The van der Waals surface area contributed by atoms with E-state index in [1.54, 1.807) is 0 Å². The monoisotopic (exact) mass is 248 g/mol. The number of hydrogen-bond acceptors (Lipinski definition) is 3. The summed E-state index contributed by atoms with van der Waals surface area (Å²) in [6.07, 6.45) is 4.04. The van der Waals surface area contributed by atoms with Gasteiger partial charge < -0.3 is 10.5 Å². The highest BCUT2D eigenvalue weighted by atomic mass is 16.5. The standard InChI is InChI=1S/C15H24N2O/c1-11-6-7-15(8-12(11)2)18-10-14-5-3-4-13(9-16)17-14/h3-5,11-12,15H,6-10,16H2,1-2H3. The van der Waals surface area contributed by atoms with E-state index in [0.29, 0.717) is 19.3 Å². The van der Waals surface area contributed by atoms with Crippen molar-refractivity contribution in [3.63, 3.8) is 0 Å². The highest BCUT2D eigenvalue weighted by molar-refractivity contribution is 5.10. The minimum absolute atomic E-state index is 0.402. The molecule has 1 aromatic heterocycles. The van der Waals surface area contributed by atoms with Crippen molar-refractivity contribution in [1.82, 2.24) is 4.98 Å². The van der Waals surface area contributed by atoms with Crippen molar-refractivity contribution in [2.75, 3.05) is 0 Å². The van der Waals surface area contributed by atoms with Gasteiger partial charge >= 0.3 is 0 Å². The normalized spacial score (nSPS) is 28.3. The minimum atomic E-state index is 0.402. The second-order valence-corrected chi connectivity index (χ2v) is 5.53. The highest BCUT2D eigenvalue weighted by Crippen LogP contribution is 2.31. The molecule has 1 heterocycles. The number of hydrogen-bond donors (Lipinski definition) is 1. The Morgan fingerprint density at radius 2 is 2.00 bits per heavy atom. The quantitative estimate of drug-likeness (QED) is 0.891. The average Bonchev–Trinajstić information content (AvgIpc) is 2.40. The van der Waals surface area contributed by atoms with E-state index >= 15 is 0 Å². The van der Waals surface area contributed by atoms with Crippen LogP contribution in [0.15, 0.2) is 18.2 Å². The van der Waals surface area contributed by atoms with Gasteiger partial charge in [0.25, 0.3) is 0 Å². The van der Waals surface area contributed by atoms with Gasteiger partial charge in [0.05, 0.1) is 24.1 Å². The van der Waals surface area contributed by atoms with Crippen LogP contribution in [0.3, 0.4) is 0 Å². The van der Waals surface area contributed by atoms with Crippen LogP contribution in [0.4, 0.5) is 0 Å². The second-order valence-electron chi connectivity index (χ2n) is 5.53. The Morgan fingerprint density at radius 3 is 2.72 bits per heavy atom. The molecule has 3 atom stereocenters. The fraction of sp³-hybridized carbons (Fsp3) is 0.667. The molecule has 1 saturated carbocycles. The van der Waals surface area contributed by atoms with E-state index in [1.165, 1.54) is 19.3 Å². The first kappa shape index (κ1) is 13.5. The molecule has 1 fully saturated rings. The summed E-state index contributed by atoms with van der Waals surface area (Å²) in [5, 5.41) is 0. The van der Waals surface area contributed by atoms with Gasteiger partial charge in [-0.3, -0.25) is 4.98 Å². The van der Waals surface area contributed by atoms with E-state index in [0.717, 1.165) is 23.2 Å². The molecule has 18 heavy (non-hydrogen) atoms. The average molecular weight is 248 g/mol. The van der Waals surface area contributed by atoms with Crippen LogP contribution in [-0.4, -0.2) is 11.1 Å². The zero-order valence-corrected chi connectivity index (χ0v) is 11.4. The third-order valence-electron chi connectivity index (χ3n) is 4.09.